The molecule has 1 fully saturated rings. The lowest BCUT2D eigenvalue weighted by Gasteiger charge is -2.07. The fourth-order valence-corrected chi connectivity index (χ4v) is 2.82. The first-order valence-electron chi connectivity index (χ1n) is 6.37. The van der Waals surface area contributed by atoms with Gasteiger partial charge < -0.3 is 9.63 Å². The molecule has 1 aliphatic carbocycles. The molecule has 5 nitrogen and oxygen atoms in total. The minimum absolute atomic E-state index is 0.0706. The molecule has 6 heteroatoms. The molecular formula is C12H18N2O3S. The summed E-state index contributed by atoms with van der Waals surface area (Å²) in [6.45, 7) is 0. The minimum Gasteiger partial charge on any atom is -0.481 e. The molecule has 0 bridgehead atoms. The molecule has 0 amide bonds. The van der Waals surface area contributed by atoms with Crippen LogP contribution in [-0.2, 0) is 10.5 Å². The molecule has 18 heavy (non-hydrogen) atoms. The average molecular weight is 270 g/mol. The van der Waals surface area contributed by atoms with Crippen molar-refractivity contribution in [3.8, 4) is 0 Å². The van der Waals surface area contributed by atoms with Gasteiger partial charge >= 0.3 is 5.97 Å². The highest BCUT2D eigenvalue weighted by Gasteiger charge is 2.19. The molecule has 1 N–H and O–H groups in total. The van der Waals surface area contributed by atoms with Crippen LogP contribution in [0, 0.1) is 0 Å². The second-order valence-electron chi connectivity index (χ2n) is 4.62. The quantitative estimate of drug-likeness (QED) is 0.829. The van der Waals surface area contributed by atoms with Crippen LogP contribution in [0.1, 0.15) is 56.2 Å². The molecule has 2 rings (SSSR count). The van der Waals surface area contributed by atoms with Gasteiger partial charge in [0.15, 0.2) is 5.82 Å². The van der Waals surface area contributed by atoms with Gasteiger partial charge in [0, 0.05) is 5.92 Å². The van der Waals surface area contributed by atoms with E-state index in [4.69, 9.17) is 9.63 Å². The normalized spacial score (nSPS) is 17.6. The molecule has 0 spiro atoms. The number of aliphatic carboxylic acids is 1. The SMILES string of the molecule is O=C(O)CSCc1nc(C2CCCCCC2)no1. The zero-order chi connectivity index (χ0) is 12.8. The largest absolute Gasteiger partial charge is 0.481 e. The number of carbonyl (C=O) groups is 1. The van der Waals surface area contributed by atoms with Gasteiger partial charge in [-0.3, -0.25) is 4.79 Å². The van der Waals surface area contributed by atoms with Crippen LogP contribution >= 0.6 is 11.8 Å². The van der Waals surface area contributed by atoms with Gasteiger partial charge in [0.2, 0.25) is 5.89 Å². The Hall–Kier alpha value is -1.04. The molecule has 0 aromatic carbocycles. The van der Waals surface area contributed by atoms with Gasteiger partial charge in [-0.05, 0) is 12.8 Å². The molecular weight excluding hydrogens is 252 g/mol. The van der Waals surface area contributed by atoms with E-state index in [0.717, 1.165) is 18.7 Å². The summed E-state index contributed by atoms with van der Waals surface area (Å²) in [7, 11) is 0. The van der Waals surface area contributed by atoms with Crippen molar-refractivity contribution in [1.82, 2.24) is 10.1 Å². The molecule has 0 atom stereocenters. The highest BCUT2D eigenvalue weighted by Crippen LogP contribution is 2.30. The number of rotatable bonds is 5. The van der Waals surface area contributed by atoms with Crippen LogP contribution in [0.3, 0.4) is 0 Å². The number of hydrogen-bond acceptors (Lipinski definition) is 5. The number of nitrogens with zero attached hydrogens (tertiary/aromatic N) is 2. The van der Waals surface area contributed by atoms with Gasteiger partial charge in [0.25, 0.3) is 0 Å². The van der Waals surface area contributed by atoms with E-state index in [1.807, 2.05) is 0 Å². The van der Waals surface area contributed by atoms with Crippen molar-refractivity contribution in [2.75, 3.05) is 5.75 Å². The Morgan fingerprint density at radius 2 is 2.06 bits per heavy atom. The lowest BCUT2D eigenvalue weighted by atomic mass is 10.00. The molecule has 100 valence electrons. The van der Waals surface area contributed by atoms with Gasteiger partial charge in [-0.15, -0.1) is 11.8 Å². The Labute approximate surface area is 110 Å². The Balaban J connectivity index is 1.86. The number of aromatic nitrogens is 2. The molecule has 0 radical (unpaired) electrons. The highest BCUT2D eigenvalue weighted by molar-refractivity contribution is 7.99. The Morgan fingerprint density at radius 3 is 2.72 bits per heavy atom. The summed E-state index contributed by atoms with van der Waals surface area (Å²) in [6, 6.07) is 0. The zero-order valence-corrected chi connectivity index (χ0v) is 11.1. The standard InChI is InChI=1S/C12H18N2O3S/c15-11(16)8-18-7-10-13-12(14-17-10)9-5-3-1-2-4-6-9/h9H,1-8H2,(H,15,16). The number of hydrogen-bond donors (Lipinski definition) is 1. The molecule has 1 aromatic rings. The van der Waals surface area contributed by atoms with E-state index in [9.17, 15) is 4.79 Å². The average Bonchev–Trinajstić information content (AvgIpc) is 2.63. The summed E-state index contributed by atoms with van der Waals surface area (Å²) in [6.07, 6.45) is 7.36. The fraction of sp³-hybridized carbons (Fsp3) is 0.750. The Bertz CT molecular complexity index is 386. The van der Waals surface area contributed by atoms with Crippen molar-refractivity contribution in [2.24, 2.45) is 0 Å². The number of thioether (sulfide) groups is 1. The first-order valence-corrected chi connectivity index (χ1v) is 7.53. The maximum atomic E-state index is 10.4. The maximum absolute atomic E-state index is 10.4. The van der Waals surface area contributed by atoms with Gasteiger partial charge in [-0.1, -0.05) is 30.8 Å². The van der Waals surface area contributed by atoms with Crippen molar-refractivity contribution in [2.45, 2.75) is 50.2 Å². The first kappa shape index (κ1) is 13.4. The van der Waals surface area contributed by atoms with E-state index in [1.54, 1.807) is 0 Å². The van der Waals surface area contributed by atoms with E-state index in [2.05, 4.69) is 10.1 Å². The predicted octanol–water partition coefficient (Wildman–Crippen LogP) is 2.83. The smallest absolute Gasteiger partial charge is 0.313 e. The van der Waals surface area contributed by atoms with Gasteiger partial charge in [0.1, 0.15) is 0 Å². The van der Waals surface area contributed by atoms with Crippen LogP contribution in [-0.4, -0.2) is 27.0 Å². The fourth-order valence-electron chi connectivity index (χ4n) is 2.26. The Morgan fingerprint density at radius 1 is 1.33 bits per heavy atom. The summed E-state index contributed by atoms with van der Waals surface area (Å²) in [5.74, 6) is 1.51. The summed E-state index contributed by atoms with van der Waals surface area (Å²) >= 11 is 1.28. The van der Waals surface area contributed by atoms with Crippen molar-refractivity contribution < 1.29 is 14.4 Å². The van der Waals surface area contributed by atoms with E-state index in [0.29, 0.717) is 17.6 Å². The lowest BCUT2D eigenvalue weighted by molar-refractivity contribution is -0.133. The van der Waals surface area contributed by atoms with Crippen LogP contribution in [0.25, 0.3) is 0 Å². The van der Waals surface area contributed by atoms with E-state index < -0.39 is 5.97 Å². The van der Waals surface area contributed by atoms with E-state index in [-0.39, 0.29) is 5.75 Å². The molecule has 1 aromatic heterocycles. The third kappa shape index (κ3) is 4.01. The second kappa shape index (κ2) is 6.78. The second-order valence-corrected chi connectivity index (χ2v) is 5.61. The molecule has 0 saturated heterocycles. The topological polar surface area (TPSA) is 76.2 Å². The predicted molar refractivity (Wildman–Crippen MR) is 68.5 cm³/mol. The highest BCUT2D eigenvalue weighted by atomic mass is 32.2. The summed E-state index contributed by atoms with van der Waals surface area (Å²) in [5, 5.41) is 12.6. The summed E-state index contributed by atoms with van der Waals surface area (Å²) < 4.78 is 5.17. The third-order valence-electron chi connectivity index (χ3n) is 3.16. The van der Waals surface area contributed by atoms with Crippen LogP contribution < -0.4 is 0 Å². The first-order chi connectivity index (χ1) is 8.75. The van der Waals surface area contributed by atoms with Crippen molar-refractivity contribution in [3.63, 3.8) is 0 Å². The van der Waals surface area contributed by atoms with E-state index in [1.165, 1.54) is 37.4 Å². The molecule has 1 saturated carbocycles. The molecule has 1 aliphatic rings. The number of carboxylic acid groups (broad SMARTS) is 1. The molecule has 0 aliphatic heterocycles. The van der Waals surface area contributed by atoms with Crippen molar-refractivity contribution in [1.29, 1.82) is 0 Å². The maximum Gasteiger partial charge on any atom is 0.313 e. The van der Waals surface area contributed by atoms with Crippen LogP contribution in [0.2, 0.25) is 0 Å². The van der Waals surface area contributed by atoms with Crippen LogP contribution in [0.4, 0.5) is 0 Å². The monoisotopic (exact) mass is 270 g/mol. The van der Waals surface area contributed by atoms with Crippen LogP contribution in [0.5, 0.6) is 0 Å². The Kier molecular flexibility index (Phi) is 5.04. The summed E-state index contributed by atoms with van der Waals surface area (Å²) in [4.78, 5) is 14.8. The minimum atomic E-state index is -0.816. The van der Waals surface area contributed by atoms with Gasteiger partial charge in [-0.2, -0.15) is 4.98 Å². The van der Waals surface area contributed by atoms with Gasteiger partial charge in [0.05, 0.1) is 11.5 Å². The third-order valence-corrected chi connectivity index (χ3v) is 4.06. The van der Waals surface area contributed by atoms with Gasteiger partial charge in [-0.25, -0.2) is 0 Å². The zero-order valence-electron chi connectivity index (χ0n) is 10.3. The molecule has 1 heterocycles. The summed E-state index contributed by atoms with van der Waals surface area (Å²) in [5.41, 5.74) is 0. The number of carboxylic acids is 1. The van der Waals surface area contributed by atoms with Crippen molar-refractivity contribution >= 4 is 17.7 Å². The molecule has 0 unspecified atom stereocenters. The lowest BCUT2D eigenvalue weighted by Crippen LogP contribution is -2.00. The van der Waals surface area contributed by atoms with Crippen LogP contribution in [0.15, 0.2) is 4.52 Å². The van der Waals surface area contributed by atoms with Crippen molar-refractivity contribution in [3.05, 3.63) is 11.7 Å². The van der Waals surface area contributed by atoms with E-state index >= 15 is 0 Å².